The largest absolute Gasteiger partial charge is 0.507 e. The number of benzene rings is 1. The highest BCUT2D eigenvalue weighted by atomic mass is 35.5. The van der Waals surface area contributed by atoms with Gasteiger partial charge in [-0.15, -0.1) is 12.4 Å². The molecule has 0 aliphatic rings. The third-order valence-corrected chi connectivity index (χ3v) is 2.54. The van der Waals surface area contributed by atoms with Gasteiger partial charge in [-0.1, -0.05) is 26.8 Å². The predicted octanol–water partition coefficient (Wildman–Crippen LogP) is 2.56. The van der Waals surface area contributed by atoms with E-state index >= 15 is 0 Å². The summed E-state index contributed by atoms with van der Waals surface area (Å²) < 4.78 is 0. The summed E-state index contributed by atoms with van der Waals surface area (Å²) >= 11 is 0. The van der Waals surface area contributed by atoms with Crippen LogP contribution in [0.15, 0.2) is 18.2 Å². The minimum absolute atomic E-state index is 0. The molecule has 0 radical (unpaired) electrons. The Kier molecular flexibility index (Phi) is 4.98. The SMILES string of the molecule is CC(C)(C)[C@@H](N)c1ccc(O)c(C(=O)O)c1.Cl. The summed E-state index contributed by atoms with van der Waals surface area (Å²) in [5, 5.41) is 18.2. The van der Waals surface area contributed by atoms with Crippen molar-refractivity contribution in [3.63, 3.8) is 0 Å². The smallest absolute Gasteiger partial charge is 0.339 e. The number of carboxylic acids is 1. The molecule has 4 nitrogen and oxygen atoms in total. The van der Waals surface area contributed by atoms with Crippen LogP contribution in [0.2, 0.25) is 0 Å². The molecule has 0 aliphatic heterocycles. The number of aromatic carboxylic acids is 1. The van der Waals surface area contributed by atoms with Crippen LogP contribution in [0.1, 0.15) is 42.7 Å². The summed E-state index contributed by atoms with van der Waals surface area (Å²) in [7, 11) is 0. The van der Waals surface area contributed by atoms with E-state index in [1.54, 1.807) is 6.07 Å². The van der Waals surface area contributed by atoms with E-state index in [0.29, 0.717) is 5.56 Å². The lowest BCUT2D eigenvalue weighted by Crippen LogP contribution is -2.26. The van der Waals surface area contributed by atoms with Crippen LogP contribution in [-0.2, 0) is 0 Å². The average molecular weight is 260 g/mol. The van der Waals surface area contributed by atoms with Gasteiger partial charge in [-0.3, -0.25) is 0 Å². The van der Waals surface area contributed by atoms with E-state index in [0.717, 1.165) is 0 Å². The zero-order chi connectivity index (χ0) is 12.5. The summed E-state index contributed by atoms with van der Waals surface area (Å²) in [4.78, 5) is 10.8. The summed E-state index contributed by atoms with van der Waals surface area (Å²) in [5.74, 6) is -1.39. The van der Waals surface area contributed by atoms with Gasteiger partial charge in [0, 0.05) is 6.04 Å². The molecular weight excluding hydrogens is 242 g/mol. The highest BCUT2D eigenvalue weighted by Crippen LogP contribution is 2.32. The standard InChI is InChI=1S/C12H17NO3.ClH/c1-12(2,3)10(13)7-4-5-9(14)8(6-7)11(15)16;/h4-6,10,14H,13H2,1-3H3,(H,15,16);1H/t10-;/m0./s1. The molecule has 0 spiro atoms. The maximum absolute atomic E-state index is 10.8. The van der Waals surface area contributed by atoms with Crippen molar-refractivity contribution in [2.45, 2.75) is 26.8 Å². The van der Waals surface area contributed by atoms with E-state index in [1.165, 1.54) is 12.1 Å². The van der Waals surface area contributed by atoms with Crippen molar-refractivity contribution in [3.05, 3.63) is 29.3 Å². The van der Waals surface area contributed by atoms with Crippen molar-refractivity contribution in [2.75, 3.05) is 0 Å². The summed E-state index contributed by atoms with van der Waals surface area (Å²) in [5.41, 5.74) is 6.45. The molecule has 1 aromatic carbocycles. The molecule has 0 saturated heterocycles. The van der Waals surface area contributed by atoms with Crippen LogP contribution in [0.4, 0.5) is 0 Å². The van der Waals surface area contributed by atoms with Crippen LogP contribution in [0.5, 0.6) is 5.75 Å². The third kappa shape index (κ3) is 3.61. The van der Waals surface area contributed by atoms with Crippen molar-refractivity contribution in [1.82, 2.24) is 0 Å². The Hall–Kier alpha value is -1.26. The van der Waals surface area contributed by atoms with E-state index in [4.69, 9.17) is 10.8 Å². The number of hydrogen-bond donors (Lipinski definition) is 3. The van der Waals surface area contributed by atoms with Crippen LogP contribution in [0, 0.1) is 5.41 Å². The second-order valence-corrected chi connectivity index (χ2v) is 4.93. The zero-order valence-corrected chi connectivity index (χ0v) is 10.9. The van der Waals surface area contributed by atoms with E-state index in [9.17, 15) is 9.90 Å². The zero-order valence-electron chi connectivity index (χ0n) is 10.1. The van der Waals surface area contributed by atoms with Gasteiger partial charge in [0.25, 0.3) is 0 Å². The number of aromatic hydroxyl groups is 1. The Labute approximate surface area is 107 Å². The topological polar surface area (TPSA) is 83.5 Å². The van der Waals surface area contributed by atoms with Gasteiger partial charge >= 0.3 is 5.97 Å². The molecule has 5 heteroatoms. The van der Waals surface area contributed by atoms with Gasteiger partial charge in [-0.05, 0) is 23.1 Å². The van der Waals surface area contributed by atoms with Gasteiger partial charge in [-0.2, -0.15) is 0 Å². The first-order valence-corrected chi connectivity index (χ1v) is 5.05. The van der Waals surface area contributed by atoms with Crippen molar-refractivity contribution in [2.24, 2.45) is 11.1 Å². The first-order valence-electron chi connectivity index (χ1n) is 5.05. The molecule has 0 aromatic heterocycles. The van der Waals surface area contributed by atoms with Crippen LogP contribution < -0.4 is 5.73 Å². The molecule has 1 rings (SSSR count). The Bertz CT molecular complexity index is 413. The van der Waals surface area contributed by atoms with E-state index in [1.807, 2.05) is 20.8 Å². The summed E-state index contributed by atoms with van der Waals surface area (Å²) in [6.45, 7) is 5.93. The average Bonchev–Trinajstić information content (AvgIpc) is 2.15. The Balaban J connectivity index is 0.00000256. The molecule has 0 bridgehead atoms. The van der Waals surface area contributed by atoms with Crippen molar-refractivity contribution in [3.8, 4) is 5.75 Å². The molecule has 1 aromatic rings. The molecule has 0 aliphatic carbocycles. The van der Waals surface area contributed by atoms with Gasteiger partial charge in [0.1, 0.15) is 11.3 Å². The second kappa shape index (κ2) is 5.38. The molecule has 1 atom stereocenters. The predicted molar refractivity (Wildman–Crippen MR) is 68.7 cm³/mol. The van der Waals surface area contributed by atoms with E-state index < -0.39 is 5.97 Å². The van der Waals surface area contributed by atoms with E-state index in [2.05, 4.69) is 0 Å². The minimum atomic E-state index is -1.15. The molecule has 0 amide bonds. The maximum atomic E-state index is 10.8. The fourth-order valence-corrected chi connectivity index (χ4v) is 1.42. The highest BCUT2D eigenvalue weighted by molar-refractivity contribution is 5.91. The molecular formula is C12H18ClNO3. The summed E-state index contributed by atoms with van der Waals surface area (Å²) in [6.07, 6.45) is 0. The first-order chi connectivity index (χ1) is 7.23. The van der Waals surface area contributed by atoms with Crippen LogP contribution in [-0.4, -0.2) is 16.2 Å². The van der Waals surface area contributed by atoms with Gasteiger partial charge in [0.15, 0.2) is 0 Å². The molecule has 0 fully saturated rings. The summed E-state index contributed by atoms with van der Waals surface area (Å²) in [6, 6.07) is 4.17. The highest BCUT2D eigenvalue weighted by Gasteiger charge is 2.23. The number of carbonyl (C=O) groups is 1. The molecule has 0 heterocycles. The van der Waals surface area contributed by atoms with Gasteiger partial charge in [-0.25, -0.2) is 4.79 Å². The molecule has 0 unspecified atom stereocenters. The normalized spacial score (nSPS) is 12.7. The molecule has 96 valence electrons. The second-order valence-electron chi connectivity index (χ2n) is 4.93. The number of hydrogen-bond acceptors (Lipinski definition) is 3. The number of phenols is 1. The molecule has 17 heavy (non-hydrogen) atoms. The monoisotopic (exact) mass is 259 g/mol. The Morgan fingerprint density at radius 3 is 2.29 bits per heavy atom. The van der Waals surface area contributed by atoms with Crippen molar-refractivity contribution in [1.29, 1.82) is 0 Å². The fraction of sp³-hybridized carbons (Fsp3) is 0.417. The Morgan fingerprint density at radius 1 is 1.35 bits per heavy atom. The number of nitrogens with two attached hydrogens (primary N) is 1. The van der Waals surface area contributed by atoms with Gasteiger partial charge < -0.3 is 15.9 Å². The van der Waals surface area contributed by atoms with E-state index in [-0.39, 0.29) is 35.2 Å². The third-order valence-electron chi connectivity index (χ3n) is 2.54. The number of halogens is 1. The lowest BCUT2D eigenvalue weighted by Gasteiger charge is -2.27. The molecule has 4 N–H and O–H groups in total. The van der Waals surface area contributed by atoms with Crippen LogP contribution in [0.25, 0.3) is 0 Å². The fourth-order valence-electron chi connectivity index (χ4n) is 1.42. The maximum Gasteiger partial charge on any atom is 0.339 e. The number of carboxylic acid groups (broad SMARTS) is 1. The minimum Gasteiger partial charge on any atom is -0.507 e. The quantitative estimate of drug-likeness (QED) is 0.762. The van der Waals surface area contributed by atoms with Crippen LogP contribution >= 0.6 is 12.4 Å². The van der Waals surface area contributed by atoms with Crippen molar-refractivity contribution < 1.29 is 15.0 Å². The first kappa shape index (κ1) is 15.7. The molecule has 0 saturated carbocycles. The lowest BCUT2D eigenvalue weighted by molar-refractivity contribution is 0.0693. The Morgan fingerprint density at radius 2 is 1.88 bits per heavy atom. The van der Waals surface area contributed by atoms with Gasteiger partial charge in [0.2, 0.25) is 0 Å². The lowest BCUT2D eigenvalue weighted by atomic mass is 9.82. The van der Waals surface area contributed by atoms with Gasteiger partial charge in [0.05, 0.1) is 0 Å². The van der Waals surface area contributed by atoms with Crippen LogP contribution in [0.3, 0.4) is 0 Å². The number of rotatable bonds is 2. The van der Waals surface area contributed by atoms with Crippen molar-refractivity contribution >= 4 is 18.4 Å².